The van der Waals surface area contributed by atoms with E-state index in [1.54, 1.807) is 12.1 Å². The fraction of sp³-hybridized carbons (Fsp3) is 0.571. The van der Waals surface area contributed by atoms with Gasteiger partial charge in [-0.05, 0) is 43.2 Å². The fourth-order valence-electron chi connectivity index (χ4n) is 5.14. The van der Waals surface area contributed by atoms with Crippen LogP contribution in [0.15, 0.2) is 24.3 Å². The zero-order chi connectivity index (χ0) is 20.7. The molecule has 5 nitrogen and oxygen atoms in total. The predicted octanol–water partition coefficient (Wildman–Crippen LogP) is 4.62. The van der Waals surface area contributed by atoms with Crippen molar-refractivity contribution in [3.63, 3.8) is 0 Å². The number of carbonyl (C=O) groups is 3. The molecule has 29 heavy (non-hydrogen) atoms. The Labute approximate surface area is 192 Å². The summed E-state index contributed by atoms with van der Waals surface area (Å²) < 4.78 is 0. The number of carbonyl (C=O) groups excluding carboxylic acids is 3. The molecular weight excluding hydrogens is 524 g/mol. The van der Waals surface area contributed by atoms with Crippen LogP contribution in [-0.4, -0.2) is 38.8 Å². The average Bonchev–Trinajstić information content (AvgIpc) is 3.29. The Hall–Kier alpha value is -0.920. The molecular formula is C21H23Br2ClN2O3. The van der Waals surface area contributed by atoms with Crippen LogP contribution in [0.1, 0.15) is 32.1 Å². The molecule has 1 aromatic rings. The monoisotopic (exact) mass is 544 g/mol. The number of nitrogens with one attached hydrogen (secondary N) is 1. The molecule has 3 fully saturated rings. The molecule has 1 aliphatic heterocycles. The van der Waals surface area contributed by atoms with Crippen LogP contribution < -0.4 is 5.32 Å². The third-order valence-electron chi connectivity index (χ3n) is 6.51. The van der Waals surface area contributed by atoms with E-state index >= 15 is 0 Å². The number of benzene rings is 1. The van der Waals surface area contributed by atoms with E-state index in [0.717, 1.165) is 19.3 Å². The van der Waals surface area contributed by atoms with Gasteiger partial charge in [0.15, 0.2) is 0 Å². The van der Waals surface area contributed by atoms with Crippen molar-refractivity contribution < 1.29 is 14.4 Å². The highest BCUT2D eigenvalue weighted by molar-refractivity contribution is 9.12. The highest BCUT2D eigenvalue weighted by Crippen LogP contribution is 2.60. The Morgan fingerprint density at radius 2 is 1.66 bits per heavy atom. The van der Waals surface area contributed by atoms with Crippen molar-refractivity contribution in [1.29, 1.82) is 0 Å². The minimum atomic E-state index is -0.146. The summed E-state index contributed by atoms with van der Waals surface area (Å²) in [4.78, 5) is 39.7. The first-order valence-corrected chi connectivity index (χ1v) is 12.3. The maximum Gasteiger partial charge on any atom is 0.233 e. The molecule has 3 aliphatic rings. The number of imide groups is 1. The largest absolute Gasteiger partial charge is 0.325 e. The van der Waals surface area contributed by atoms with Crippen LogP contribution in [0.3, 0.4) is 0 Å². The summed E-state index contributed by atoms with van der Waals surface area (Å²) in [6, 6.07) is 7.14. The Balaban J connectivity index is 1.22. The number of amides is 3. The second-order valence-electron chi connectivity index (χ2n) is 8.17. The van der Waals surface area contributed by atoms with Gasteiger partial charge in [-0.25, -0.2) is 0 Å². The quantitative estimate of drug-likeness (QED) is 0.309. The Bertz CT molecular complexity index is 804. The SMILES string of the molecule is O=C(CCCCCN1C(=O)C2C3CC(C(Br)C3Br)C2C1=O)Nc1ccccc1Cl. The highest BCUT2D eigenvalue weighted by atomic mass is 79.9. The number of hydrogen-bond donors (Lipinski definition) is 1. The molecule has 8 heteroatoms. The van der Waals surface area contributed by atoms with Crippen molar-refractivity contribution >= 4 is 66.9 Å². The average molecular weight is 547 g/mol. The zero-order valence-electron chi connectivity index (χ0n) is 15.8. The number of fused-ring (bicyclic) bond motifs is 5. The minimum Gasteiger partial charge on any atom is -0.325 e. The number of rotatable bonds is 7. The molecule has 6 atom stereocenters. The van der Waals surface area contributed by atoms with E-state index in [4.69, 9.17) is 11.6 Å². The molecule has 2 aliphatic carbocycles. The lowest BCUT2D eigenvalue weighted by atomic mass is 9.81. The van der Waals surface area contributed by atoms with Crippen LogP contribution in [0.2, 0.25) is 5.02 Å². The van der Waals surface area contributed by atoms with Gasteiger partial charge in [0, 0.05) is 22.6 Å². The Morgan fingerprint density at radius 1 is 1.03 bits per heavy atom. The fourth-order valence-corrected chi connectivity index (χ4v) is 7.19. The van der Waals surface area contributed by atoms with Gasteiger partial charge in [-0.15, -0.1) is 0 Å². The topological polar surface area (TPSA) is 66.5 Å². The van der Waals surface area contributed by atoms with Crippen LogP contribution in [0.25, 0.3) is 0 Å². The molecule has 2 bridgehead atoms. The molecule has 0 radical (unpaired) electrons. The summed E-state index contributed by atoms with van der Waals surface area (Å²) in [5.74, 6) is 0.151. The summed E-state index contributed by atoms with van der Waals surface area (Å²) in [6.45, 7) is 0.455. The maximum atomic E-state index is 12.8. The van der Waals surface area contributed by atoms with Gasteiger partial charge in [0.1, 0.15) is 0 Å². The zero-order valence-corrected chi connectivity index (χ0v) is 19.7. The third-order valence-corrected chi connectivity index (χ3v) is 10.0. The van der Waals surface area contributed by atoms with Gasteiger partial charge < -0.3 is 5.32 Å². The lowest BCUT2D eigenvalue weighted by Gasteiger charge is -2.28. The number of anilines is 1. The smallest absolute Gasteiger partial charge is 0.233 e. The van der Waals surface area contributed by atoms with Crippen LogP contribution in [0.5, 0.6) is 0 Å². The van der Waals surface area contributed by atoms with Crippen molar-refractivity contribution in [2.45, 2.75) is 41.8 Å². The summed E-state index contributed by atoms with van der Waals surface area (Å²) in [6.07, 6.45) is 3.56. The minimum absolute atomic E-state index is 0.00723. The number of para-hydroxylation sites is 1. The molecule has 0 aromatic heterocycles. The maximum absolute atomic E-state index is 12.8. The van der Waals surface area contributed by atoms with E-state index in [2.05, 4.69) is 37.2 Å². The van der Waals surface area contributed by atoms with Crippen molar-refractivity contribution in [3.05, 3.63) is 29.3 Å². The standard InChI is InChI=1S/C21H23Br2ClN2O3/c22-18-11-10-12(19(18)23)17-16(11)20(28)26(21(17)29)9-5-1-2-8-15(27)25-14-7-4-3-6-13(14)24/h3-4,6-7,11-12,16-19H,1-2,5,8-10H2,(H,25,27). The number of hydrogen-bond acceptors (Lipinski definition) is 3. The first kappa shape index (κ1) is 21.3. The Morgan fingerprint density at radius 3 is 2.28 bits per heavy atom. The second-order valence-corrected chi connectivity index (χ2v) is 10.7. The van der Waals surface area contributed by atoms with Gasteiger partial charge in [0.05, 0.1) is 22.5 Å². The van der Waals surface area contributed by atoms with Gasteiger partial charge in [-0.2, -0.15) is 0 Å². The van der Waals surface area contributed by atoms with Crippen molar-refractivity contribution in [2.24, 2.45) is 23.7 Å². The normalized spacial score (nSPS) is 32.7. The summed E-state index contributed by atoms with van der Waals surface area (Å²) >= 11 is 13.5. The van der Waals surface area contributed by atoms with E-state index in [1.165, 1.54) is 4.90 Å². The van der Waals surface area contributed by atoms with Crippen LogP contribution in [0, 0.1) is 23.7 Å². The van der Waals surface area contributed by atoms with Gasteiger partial charge in [-0.3, -0.25) is 19.3 Å². The van der Waals surface area contributed by atoms with Crippen LogP contribution in [0.4, 0.5) is 5.69 Å². The van der Waals surface area contributed by atoms with E-state index in [9.17, 15) is 14.4 Å². The van der Waals surface area contributed by atoms with Gasteiger partial charge in [-0.1, -0.05) is 62.0 Å². The first-order valence-electron chi connectivity index (χ1n) is 10.1. The summed E-state index contributed by atoms with van der Waals surface area (Å²) in [5.41, 5.74) is 0.615. The van der Waals surface area contributed by atoms with Gasteiger partial charge in [0.25, 0.3) is 0 Å². The first-order chi connectivity index (χ1) is 13.9. The van der Waals surface area contributed by atoms with Crippen LogP contribution in [-0.2, 0) is 14.4 Å². The molecule has 1 N–H and O–H groups in total. The van der Waals surface area contributed by atoms with E-state index < -0.39 is 0 Å². The number of nitrogens with zero attached hydrogens (tertiary/aromatic N) is 1. The molecule has 1 aromatic carbocycles. The molecule has 4 rings (SSSR count). The molecule has 2 saturated carbocycles. The number of halogens is 3. The number of alkyl halides is 2. The molecule has 1 heterocycles. The lowest BCUT2D eigenvalue weighted by molar-refractivity contribution is -0.140. The van der Waals surface area contributed by atoms with Gasteiger partial charge >= 0.3 is 0 Å². The number of likely N-dealkylation sites (tertiary alicyclic amines) is 1. The predicted molar refractivity (Wildman–Crippen MR) is 119 cm³/mol. The molecule has 6 unspecified atom stereocenters. The molecule has 0 spiro atoms. The van der Waals surface area contributed by atoms with Gasteiger partial charge in [0.2, 0.25) is 17.7 Å². The summed E-state index contributed by atoms with van der Waals surface area (Å²) in [7, 11) is 0. The highest BCUT2D eigenvalue weighted by Gasteiger charge is 2.66. The number of unbranched alkanes of at least 4 members (excludes halogenated alkanes) is 2. The lowest BCUT2D eigenvalue weighted by Crippen LogP contribution is -2.37. The molecule has 3 amide bonds. The summed E-state index contributed by atoms with van der Waals surface area (Å²) in [5, 5.41) is 3.33. The third kappa shape index (κ3) is 3.90. The second kappa shape index (κ2) is 8.67. The van der Waals surface area contributed by atoms with Crippen LogP contribution >= 0.6 is 43.5 Å². The van der Waals surface area contributed by atoms with Crippen molar-refractivity contribution in [3.8, 4) is 0 Å². The molecule has 1 saturated heterocycles. The van der Waals surface area contributed by atoms with Crippen molar-refractivity contribution in [1.82, 2.24) is 4.90 Å². The van der Waals surface area contributed by atoms with E-state index in [1.807, 2.05) is 12.1 Å². The van der Waals surface area contributed by atoms with Crippen molar-refractivity contribution in [2.75, 3.05) is 11.9 Å². The van der Waals surface area contributed by atoms with E-state index in [-0.39, 0.29) is 51.0 Å². The molecule has 156 valence electrons. The van der Waals surface area contributed by atoms with E-state index in [0.29, 0.717) is 30.1 Å². The Kier molecular flexibility index (Phi) is 6.38.